The maximum atomic E-state index is 10.7. The van der Waals surface area contributed by atoms with E-state index in [0.717, 1.165) is 22.9 Å². The van der Waals surface area contributed by atoms with Crippen molar-refractivity contribution in [3.63, 3.8) is 0 Å². The second-order valence-corrected chi connectivity index (χ2v) is 7.31. The Morgan fingerprint density at radius 3 is 2.87 bits per heavy atom. The fourth-order valence-electron chi connectivity index (χ4n) is 3.50. The molecule has 0 spiro atoms. The van der Waals surface area contributed by atoms with Gasteiger partial charge in [0.25, 0.3) is 0 Å². The Hall–Kier alpha value is -1.92. The molecule has 2 atom stereocenters. The first kappa shape index (κ1) is 14.7. The van der Waals surface area contributed by atoms with Crippen molar-refractivity contribution in [3.8, 4) is 5.88 Å². The zero-order valence-corrected chi connectivity index (χ0v) is 13.9. The van der Waals surface area contributed by atoms with Crippen molar-refractivity contribution in [1.29, 1.82) is 0 Å². The number of nitrogens with zero attached hydrogens (tertiary/aromatic N) is 4. The fourth-order valence-corrected chi connectivity index (χ4v) is 4.59. The summed E-state index contributed by atoms with van der Waals surface area (Å²) in [5.41, 5.74) is 1.21. The molecule has 2 aromatic heterocycles. The zero-order chi connectivity index (χ0) is 15.8. The van der Waals surface area contributed by atoms with Gasteiger partial charge in [-0.25, -0.2) is 4.98 Å². The van der Waals surface area contributed by atoms with Crippen LogP contribution in [-0.4, -0.2) is 37.7 Å². The van der Waals surface area contributed by atoms with E-state index in [1.54, 1.807) is 0 Å². The van der Waals surface area contributed by atoms with Gasteiger partial charge in [-0.2, -0.15) is 9.61 Å². The quantitative estimate of drug-likeness (QED) is 0.801. The summed E-state index contributed by atoms with van der Waals surface area (Å²) in [6.45, 7) is 4.40. The summed E-state index contributed by atoms with van der Waals surface area (Å²) in [4.78, 5) is 8.38. The van der Waals surface area contributed by atoms with Gasteiger partial charge in [-0.3, -0.25) is 4.90 Å². The summed E-state index contributed by atoms with van der Waals surface area (Å²) < 4.78 is 1.53. The summed E-state index contributed by atoms with van der Waals surface area (Å²) in [6, 6.07) is 10.5. The number of hydrogen-bond donors (Lipinski definition) is 1. The molecule has 5 nitrogen and oxygen atoms in total. The first-order valence-corrected chi connectivity index (χ1v) is 8.86. The molecule has 120 valence electrons. The molecule has 3 heterocycles. The minimum absolute atomic E-state index is 0.0625. The van der Waals surface area contributed by atoms with E-state index in [1.807, 2.05) is 6.07 Å². The van der Waals surface area contributed by atoms with Gasteiger partial charge < -0.3 is 5.11 Å². The minimum Gasteiger partial charge on any atom is -0.492 e. The predicted molar refractivity (Wildman–Crippen MR) is 90.8 cm³/mol. The highest BCUT2D eigenvalue weighted by atomic mass is 32.1. The number of rotatable bonds is 3. The average Bonchev–Trinajstić information content (AvgIpc) is 3.13. The molecule has 4 rings (SSSR count). The van der Waals surface area contributed by atoms with E-state index in [0.29, 0.717) is 5.92 Å². The first-order chi connectivity index (χ1) is 11.2. The third-order valence-electron chi connectivity index (χ3n) is 4.56. The second kappa shape index (κ2) is 5.94. The predicted octanol–water partition coefficient (Wildman–Crippen LogP) is 3.32. The van der Waals surface area contributed by atoms with Crippen LogP contribution in [0, 0.1) is 5.92 Å². The van der Waals surface area contributed by atoms with Crippen molar-refractivity contribution < 1.29 is 5.11 Å². The number of fused-ring (bicyclic) bond motifs is 1. The Bertz CT molecular complexity index is 797. The molecule has 1 N–H and O–H groups in total. The van der Waals surface area contributed by atoms with E-state index in [4.69, 9.17) is 0 Å². The molecule has 0 radical (unpaired) electrons. The van der Waals surface area contributed by atoms with E-state index >= 15 is 0 Å². The summed E-state index contributed by atoms with van der Waals surface area (Å²) in [5.74, 6) is 0.897. The van der Waals surface area contributed by atoms with Crippen LogP contribution in [-0.2, 0) is 0 Å². The van der Waals surface area contributed by atoms with Crippen molar-refractivity contribution in [3.05, 3.63) is 47.1 Å². The number of aromatic nitrogens is 3. The van der Waals surface area contributed by atoms with Crippen LogP contribution in [0.1, 0.15) is 36.2 Å². The minimum atomic E-state index is 0.0625. The standard InChI is InChI=1S/C17H20N4OS/c1-12-6-5-9-20(10-12)14(13-7-3-2-4-8-13)15-16(22)21-17(23-15)18-11-19-21/h2-4,7-8,11-12,14,22H,5-6,9-10H2,1H3/t12-,14+/m1/s1. The van der Waals surface area contributed by atoms with Crippen LogP contribution in [0.2, 0.25) is 0 Å². The normalized spacial score (nSPS) is 20.8. The highest BCUT2D eigenvalue weighted by molar-refractivity contribution is 7.17. The average molecular weight is 328 g/mol. The second-order valence-electron chi connectivity index (χ2n) is 6.30. The van der Waals surface area contributed by atoms with Crippen LogP contribution >= 0.6 is 11.3 Å². The number of piperidine rings is 1. The molecule has 0 saturated carbocycles. The molecule has 0 aliphatic carbocycles. The number of thiazole rings is 1. The molecule has 1 aliphatic rings. The lowest BCUT2D eigenvalue weighted by molar-refractivity contribution is 0.149. The SMILES string of the molecule is C[C@@H]1CCCN([C@@H](c2ccccc2)c2sc3ncnn3c2O)C1. The van der Waals surface area contributed by atoms with Crippen molar-refractivity contribution >= 4 is 16.3 Å². The Kier molecular flexibility index (Phi) is 3.79. The van der Waals surface area contributed by atoms with E-state index < -0.39 is 0 Å². The van der Waals surface area contributed by atoms with Crippen molar-refractivity contribution in [1.82, 2.24) is 19.5 Å². The molecule has 0 amide bonds. The Morgan fingerprint density at radius 1 is 1.30 bits per heavy atom. The molecule has 0 unspecified atom stereocenters. The smallest absolute Gasteiger partial charge is 0.230 e. The van der Waals surface area contributed by atoms with Crippen LogP contribution in [0.25, 0.3) is 4.96 Å². The zero-order valence-electron chi connectivity index (χ0n) is 13.1. The number of hydrogen-bond acceptors (Lipinski definition) is 5. The van der Waals surface area contributed by atoms with Gasteiger partial charge in [-0.1, -0.05) is 48.6 Å². The van der Waals surface area contributed by atoms with Crippen LogP contribution < -0.4 is 0 Å². The lowest BCUT2D eigenvalue weighted by Crippen LogP contribution is -2.37. The fraction of sp³-hybridized carbons (Fsp3) is 0.412. The summed E-state index contributed by atoms with van der Waals surface area (Å²) in [5, 5.41) is 14.8. The van der Waals surface area contributed by atoms with E-state index in [1.165, 1.54) is 40.6 Å². The molecule has 3 aromatic rings. The van der Waals surface area contributed by atoms with E-state index in [9.17, 15) is 5.11 Å². The van der Waals surface area contributed by atoms with E-state index in [2.05, 4.69) is 46.2 Å². The molecular weight excluding hydrogens is 308 g/mol. The first-order valence-electron chi connectivity index (χ1n) is 8.04. The van der Waals surface area contributed by atoms with E-state index in [-0.39, 0.29) is 11.9 Å². The maximum Gasteiger partial charge on any atom is 0.230 e. The summed E-state index contributed by atoms with van der Waals surface area (Å²) in [6.07, 6.45) is 3.96. The van der Waals surface area contributed by atoms with Crippen LogP contribution in [0.3, 0.4) is 0 Å². The molecule has 1 saturated heterocycles. The molecule has 6 heteroatoms. The third kappa shape index (κ3) is 2.62. The lowest BCUT2D eigenvalue weighted by atomic mass is 9.95. The van der Waals surface area contributed by atoms with Gasteiger partial charge in [0.05, 0.1) is 10.9 Å². The summed E-state index contributed by atoms with van der Waals surface area (Å²) in [7, 11) is 0. The molecule has 1 aliphatic heterocycles. The molecular formula is C17H20N4OS. The Labute approximate surface area is 139 Å². The van der Waals surface area contributed by atoms with Gasteiger partial charge in [0.1, 0.15) is 6.33 Å². The van der Waals surface area contributed by atoms with Gasteiger partial charge in [0.15, 0.2) is 0 Å². The summed E-state index contributed by atoms with van der Waals surface area (Å²) >= 11 is 1.53. The topological polar surface area (TPSA) is 53.7 Å². The van der Waals surface area contributed by atoms with Gasteiger partial charge >= 0.3 is 0 Å². The Balaban J connectivity index is 1.81. The lowest BCUT2D eigenvalue weighted by Gasteiger charge is -2.37. The highest BCUT2D eigenvalue weighted by Crippen LogP contribution is 2.40. The van der Waals surface area contributed by atoms with Gasteiger partial charge in [0, 0.05) is 6.54 Å². The van der Waals surface area contributed by atoms with Crippen LogP contribution in [0.15, 0.2) is 36.7 Å². The molecule has 1 fully saturated rings. The highest BCUT2D eigenvalue weighted by Gasteiger charge is 2.31. The van der Waals surface area contributed by atoms with Crippen molar-refractivity contribution in [2.24, 2.45) is 5.92 Å². The number of benzene rings is 1. The number of likely N-dealkylation sites (tertiary alicyclic amines) is 1. The van der Waals surface area contributed by atoms with Crippen molar-refractivity contribution in [2.75, 3.05) is 13.1 Å². The maximum absolute atomic E-state index is 10.7. The number of aromatic hydroxyl groups is 1. The van der Waals surface area contributed by atoms with Crippen LogP contribution in [0.5, 0.6) is 5.88 Å². The molecule has 0 bridgehead atoms. The van der Waals surface area contributed by atoms with Gasteiger partial charge in [-0.05, 0) is 30.9 Å². The monoisotopic (exact) mass is 328 g/mol. The third-order valence-corrected chi connectivity index (χ3v) is 5.64. The van der Waals surface area contributed by atoms with Crippen LogP contribution in [0.4, 0.5) is 0 Å². The van der Waals surface area contributed by atoms with Crippen molar-refractivity contribution in [2.45, 2.75) is 25.8 Å². The largest absolute Gasteiger partial charge is 0.492 e. The Morgan fingerprint density at radius 2 is 2.13 bits per heavy atom. The van der Waals surface area contributed by atoms with Gasteiger partial charge in [-0.15, -0.1) is 0 Å². The molecule has 1 aromatic carbocycles. The van der Waals surface area contributed by atoms with Gasteiger partial charge in [0.2, 0.25) is 10.8 Å². The molecule has 23 heavy (non-hydrogen) atoms.